The molecule has 0 spiro atoms. The van der Waals surface area contributed by atoms with E-state index in [1.165, 1.54) is 37.9 Å². The maximum absolute atomic E-state index is 8.75. The molecule has 2 heteroatoms. The lowest BCUT2D eigenvalue weighted by Crippen LogP contribution is -2.34. The molecular weight excluding hydrogens is 246 g/mol. The molecule has 108 valence electrons. The van der Waals surface area contributed by atoms with Crippen molar-refractivity contribution >= 4 is 0 Å². The predicted molar refractivity (Wildman–Crippen MR) is 83.3 cm³/mol. The highest BCUT2D eigenvalue weighted by Gasteiger charge is 2.18. The summed E-state index contributed by atoms with van der Waals surface area (Å²) in [5.74, 6) is 6.97. The standard InChI is InChI=1S/C18H25NO/c1-2-16-10-6-11-19(14-16)15-18-9-5-8-17(13-18)7-3-4-12-20/h5,8-9,13,16,20H,2,4,6,10-12,14-15H2,1H3. The van der Waals surface area contributed by atoms with Crippen molar-refractivity contribution in [2.24, 2.45) is 5.92 Å². The molecule has 0 aliphatic carbocycles. The minimum Gasteiger partial charge on any atom is -0.395 e. The zero-order valence-electron chi connectivity index (χ0n) is 12.4. The zero-order valence-corrected chi connectivity index (χ0v) is 12.4. The number of hydrogen-bond donors (Lipinski definition) is 1. The van der Waals surface area contributed by atoms with Crippen LogP contribution in [-0.4, -0.2) is 29.7 Å². The van der Waals surface area contributed by atoms with E-state index in [4.69, 9.17) is 5.11 Å². The molecule has 20 heavy (non-hydrogen) atoms. The van der Waals surface area contributed by atoms with Gasteiger partial charge in [0.05, 0.1) is 6.61 Å². The summed E-state index contributed by atoms with van der Waals surface area (Å²) in [6, 6.07) is 8.49. The van der Waals surface area contributed by atoms with Crippen LogP contribution in [0.3, 0.4) is 0 Å². The Kier molecular flexibility index (Phi) is 6.11. The highest BCUT2D eigenvalue weighted by molar-refractivity contribution is 5.37. The monoisotopic (exact) mass is 271 g/mol. The van der Waals surface area contributed by atoms with E-state index in [9.17, 15) is 0 Å². The van der Waals surface area contributed by atoms with Crippen LogP contribution in [0.2, 0.25) is 0 Å². The lowest BCUT2D eigenvalue weighted by Gasteiger charge is -2.32. The zero-order chi connectivity index (χ0) is 14.2. The quantitative estimate of drug-likeness (QED) is 0.851. The van der Waals surface area contributed by atoms with Gasteiger partial charge < -0.3 is 5.11 Å². The molecular formula is C18H25NO. The van der Waals surface area contributed by atoms with E-state index in [0.29, 0.717) is 6.42 Å². The third kappa shape index (κ3) is 4.67. The van der Waals surface area contributed by atoms with E-state index >= 15 is 0 Å². The van der Waals surface area contributed by atoms with Crippen LogP contribution in [0.1, 0.15) is 43.7 Å². The van der Waals surface area contributed by atoms with E-state index in [0.717, 1.165) is 18.0 Å². The average molecular weight is 271 g/mol. The van der Waals surface area contributed by atoms with Crippen LogP contribution in [0.4, 0.5) is 0 Å². The van der Waals surface area contributed by atoms with Gasteiger partial charge in [-0.2, -0.15) is 0 Å². The van der Waals surface area contributed by atoms with Gasteiger partial charge in [-0.3, -0.25) is 4.90 Å². The molecule has 2 nitrogen and oxygen atoms in total. The third-order valence-electron chi connectivity index (χ3n) is 3.98. The molecule has 1 unspecified atom stereocenters. The van der Waals surface area contributed by atoms with Gasteiger partial charge in [-0.25, -0.2) is 0 Å². The molecule has 1 aliphatic rings. The van der Waals surface area contributed by atoms with Gasteiger partial charge in [0.25, 0.3) is 0 Å². The lowest BCUT2D eigenvalue weighted by molar-refractivity contribution is 0.165. The SMILES string of the molecule is CCC1CCCN(Cc2cccc(C#CCCO)c2)C1. The smallest absolute Gasteiger partial charge is 0.0540 e. The third-order valence-corrected chi connectivity index (χ3v) is 3.98. The summed E-state index contributed by atoms with van der Waals surface area (Å²) in [4.78, 5) is 2.57. The fraction of sp³-hybridized carbons (Fsp3) is 0.556. The summed E-state index contributed by atoms with van der Waals surface area (Å²) in [6.07, 6.45) is 4.56. The molecule has 0 bridgehead atoms. The van der Waals surface area contributed by atoms with Gasteiger partial charge in [0.1, 0.15) is 0 Å². The summed E-state index contributed by atoms with van der Waals surface area (Å²) < 4.78 is 0. The Hall–Kier alpha value is -1.30. The van der Waals surface area contributed by atoms with Gasteiger partial charge in [-0.1, -0.05) is 37.3 Å². The molecule has 1 heterocycles. The first-order valence-electron chi connectivity index (χ1n) is 7.73. The number of aliphatic hydroxyl groups excluding tert-OH is 1. The molecule has 1 aromatic carbocycles. The topological polar surface area (TPSA) is 23.5 Å². The van der Waals surface area contributed by atoms with Crippen molar-refractivity contribution in [1.82, 2.24) is 4.90 Å². The lowest BCUT2D eigenvalue weighted by atomic mass is 9.95. The van der Waals surface area contributed by atoms with Crippen molar-refractivity contribution in [3.63, 3.8) is 0 Å². The first-order chi connectivity index (χ1) is 9.81. The van der Waals surface area contributed by atoms with Crippen LogP contribution in [0.15, 0.2) is 24.3 Å². The van der Waals surface area contributed by atoms with Crippen LogP contribution in [0.5, 0.6) is 0 Å². The molecule has 0 aromatic heterocycles. The van der Waals surface area contributed by atoms with Crippen molar-refractivity contribution in [1.29, 1.82) is 0 Å². The molecule has 1 aromatic rings. The Morgan fingerprint density at radius 2 is 2.30 bits per heavy atom. The Labute approximate surface area is 122 Å². The second-order valence-electron chi connectivity index (χ2n) is 5.63. The van der Waals surface area contributed by atoms with Crippen LogP contribution in [-0.2, 0) is 6.54 Å². The molecule has 0 amide bonds. The van der Waals surface area contributed by atoms with Crippen molar-refractivity contribution in [3.05, 3.63) is 35.4 Å². The van der Waals surface area contributed by atoms with Crippen molar-refractivity contribution in [2.75, 3.05) is 19.7 Å². The van der Waals surface area contributed by atoms with Crippen molar-refractivity contribution in [3.8, 4) is 11.8 Å². The first-order valence-corrected chi connectivity index (χ1v) is 7.73. The van der Waals surface area contributed by atoms with Gasteiger partial charge >= 0.3 is 0 Å². The van der Waals surface area contributed by atoms with Crippen LogP contribution >= 0.6 is 0 Å². The highest BCUT2D eigenvalue weighted by atomic mass is 16.2. The van der Waals surface area contributed by atoms with Crippen LogP contribution in [0.25, 0.3) is 0 Å². The maximum Gasteiger partial charge on any atom is 0.0540 e. The van der Waals surface area contributed by atoms with Crippen molar-refractivity contribution < 1.29 is 5.11 Å². The number of rotatable bonds is 4. The molecule has 1 saturated heterocycles. The Bertz CT molecular complexity index is 472. The highest BCUT2D eigenvalue weighted by Crippen LogP contribution is 2.21. The fourth-order valence-electron chi connectivity index (χ4n) is 2.85. The summed E-state index contributed by atoms with van der Waals surface area (Å²) >= 11 is 0. The second kappa shape index (κ2) is 8.09. The number of aliphatic hydroxyl groups is 1. The van der Waals surface area contributed by atoms with Crippen molar-refractivity contribution in [2.45, 2.75) is 39.2 Å². The Balaban J connectivity index is 1.96. The number of likely N-dealkylation sites (tertiary alicyclic amines) is 1. The normalized spacial score (nSPS) is 19.4. The van der Waals surface area contributed by atoms with E-state index in [-0.39, 0.29) is 6.61 Å². The minimum atomic E-state index is 0.138. The van der Waals surface area contributed by atoms with E-state index in [1.807, 2.05) is 6.07 Å². The van der Waals surface area contributed by atoms with Gasteiger partial charge in [0, 0.05) is 25.1 Å². The average Bonchev–Trinajstić information content (AvgIpc) is 2.48. The first kappa shape index (κ1) is 15.1. The molecule has 0 radical (unpaired) electrons. The Morgan fingerprint density at radius 3 is 3.10 bits per heavy atom. The second-order valence-corrected chi connectivity index (χ2v) is 5.63. The number of benzene rings is 1. The summed E-state index contributed by atoms with van der Waals surface area (Å²) in [5, 5.41) is 8.75. The molecule has 1 aliphatic heterocycles. The van der Waals surface area contributed by atoms with Gasteiger partial charge in [0.15, 0.2) is 0 Å². The fourth-order valence-corrected chi connectivity index (χ4v) is 2.85. The molecule has 2 rings (SSSR count). The summed E-state index contributed by atoms with van der Waals surface area (Å²) in [7, 11) is 0. The molecule has 1 atom stereocenters. The largest absolute Gasteiger partial charge is 0.395 e. The van der Waals surface area contributed by atoms with E-state index < -0.39 is 0 Å². The van der Waals surface area contributed by atoms with Crippen LogP contribution in [0, 0.1) is 17.8 Å². The van der Waals surface area contributed by atoms with E-state index in [2.05, 4.69) is 41.9 Å². The predicted octanol–water partition coefficient (Wildman–Crippen LogP) is 3.04. The van der Waals surface area contributed by atoms with Gasteiger partial charge in [-0.05, 0) is 43.0 Å². The molecule has 1 N–H and O–H groups in total. The number of piperidine rings is 1. The van der Waals surface area contributed by atoms with Gasteiger partial charge in [0.2, 0.25) is 0 Å². The molecule has 0 saturated carbocycles. The number of nitrogens with zero attached hydrogens (tertiary/aromatic N) is 1. The van der Waals surface area contributed by atoms with Gasteiger partial charge in [-0.15, -0.1) is 0 Å². The molecule has 1 fully saturated rings. The summed E-state index contributed by atoms with van der Waals surface area (Å²) in [6.45, 7) is 5.92. The minimum absolute atomic E-state index is 0.138. The maximum atomic E-state index is 8.75. The Morgan fingerprint density at radius 1 is 1.40 bits per heavy atom. The number of hydrogen-bond acceptors (Lipinski definition) is 2. The van der Waals surface area contributed by atoms with Crippen LogP contribution < -0.4 is 0 Å². The summed E-state index contributed by atoms with van der Waals surface area (Å²) in [5.41, 5.74) is 2.40. The van der Waals surface area contributed by atoms with E-state index in [1.54, 1.807) is 0 Å².